The van der Waals surface area contributed by atoms with E-state index in [0.717, 1.165) is 30.3 Å². The Bertz CT molecular complexity index is 217. The molecule has 0 radical (unpaired) electrons. The summed E-state index contributed by atoms with van der Waals surface area (Å²) in [5.74, 6) is 2.56. The zero-order valence-corrected chi connectivity index (χ0v) is 10.9. The lowest BCUT2D eigenvalue weighted by atomic mass is 9.92. The first-order valence-corrected chi connectivity index (χ1v) is 7.22. The van der Waals surface area contributed by atoms with Crippen LogP contribution in [-0.4, -0.2) is 18.6 Å². The standard InChI is InChI=1S/C14H28N2/c1-3-11-7-8-13(10(11)2)16-14-6-4-5-12(14)9-15/h10-14,16H,3-9,15H2,1-2H3. The molecule has 0 aromatic rings. The summed E-state index contributed by atoms with van der Waals surface area (Å²) in [5, 5.41) is 3.91. The van der Waals surface area contributed by atoms with E-state index in [0.29, 0.717) is 6.04 Å². The fourth-order valence-corrected chi connectivity index (χ4v) is 3.87. The number of nitrogens with two attached hydrogens (primary N) is 1. The van der Waals surface area contributed by atoms with E-state index < -0.39 is 0 Å². The third-order valence-corrected chi connectivity index (χ3v) is 5.14. The van der Waals surface area contributed by atoms with Crippen molar-refractivity contribution in [3.8, 4) is 0 Å². The van der Waals surface area contributed by atoms with Crippen molar-refractivity contribution in [2.45, 2.75) is 64.5 Å². The molecule has 2 nitrogen and oxygen atoms in total. The number of hydrogen-bond acceptors (Lipinski definition) is 2. The molecule has 0 amide bonds. The van der Waals surface area contributed by atoms with Gasteiger partial charge in [0.15, 0.2) is 0 Å². The van der Waals surface area contributed by atoms with Gasteiger partial charge in [-0.05, 0) is 50.0 Å². The molecular weight excluding hydrogens is 196 g/mol. The fourth-order valence-electron chi connectivity index (χ4n) is 3.87. The highest BCUT2D eigenvalue weighted by molar-refractivity contribution is 4.92. The SMILES string of the molecule is CCC1CCC(NC2CCCC2CN)C1C. The second-order valence-corrected chi connectivity index (χ2v) is 5.91. The van der Waals surface area contributed by atoms with Crippen LogP contribution in [0.1, 0.15) is 52.4 Å². The van der Waals surface area contributed by atoms with Gasteiger partial charge in [0.2, 0.25) is 0 Å². The summed E-state index contributed by atoms with van der Waals surface area (Å²) < 4.78 is 0. The third-order valence-electron chi connectivity index (χ3n) is 5.14. The van der Waals surface area contributed by atoms with E-state index in [1.807, 2.05) is 0 Å². The number of nitrogens with one attached hydrogen (secondary N) is 1. The monoisotopic (exact) mass is 224 g/mol. The largest absolute Gasteiger partial charge is 0.330 e. The van der Waals surface area contributed by atoms with Gasteiger partial charge >= 0.3 is 0 Å². The molecule has 2 rings (SSSR count). The Hall–Kier alpha value is -0.0800. The van der Waals surface area contributed by atoms with Crippen LogP contribution in [0.15, 0.2) is 0 Å². The van der Waals surface area contributed by atoms with Crippen molar-refractivity contribution in [3.05, 3.63) is 0 Å². The smallest absolute Gasteiger partial charge is 0.0110 e. The Labute approximate surface area is 100 Å². The van der Waals surface area contributed by atoms with E-state index in [1.54, 1.807) is 0 Å². The quantitative estimate of drug-likeness (QED) is 0.770. The van der Waals surface area contributed by atoms with Crippen molar-refractivity contribution in [3.63, 3.8) is 0 Å². The Morgan fingerprint density at radius 1 is 1.06 bits per heavy atom. The van der Waals surface area contributed by atoms with Crippen LogP contribution in [0.3, 0.4) is 0 Å². The van der Waals surface area contributed by atoms with Crippen molar-refractivity contribution in [1.82, 2.24) is 5.32 Å². The highest BCUT2D eigenvalue weighted by Gasteiger charge is 2.35. The average molecular weight is 224 g/mol. The molecule has 16 heavy (non-hydrogen) atoms. The molecule has 2 heteroatoms. The van der Waals surface area contributed by atoms with Crippen LogP contribution < -0.4 is 11.1 Å². The minimum atomic E-state index is 0.716. The normalized spacial score (nSPS) is 44.1. The van der Waals surface area contributed by atoms with E-state index in [1.165, 1.54) is 38.5 Å². The van der Waals surface area contributed by atoms with Crippen molar-refractivity contribution < 1.29 is 0 Å². The molecule has 94 valence electrons. The van der Waals surface area contributed by atoms with Crippen LogP contribution in [0, 0.1) is 17.8 Å². The summed E-state index contributed by atoms with van der Waals surface area (Å²) in [7, 11) is 0. The van der Waals surface area contributed by atoms with Gasteiger partial charge in [-0.15, -0.1) is 0 Å². The second-order valence-electron chi connectivity index (χ2n) is 5.91. The maximum absolute atomic E-state index is 5.85. The van der Waals surface area contributed by atoms with E-state index in [2.05, 4.69) is 19.2 Å². The summed E-state index contributed by atoms with van der Waals surface area (Å²) >= 11 is 0. The first-order chi connectivity index (χ1) is 7.76. The molecule has 2 aliphatic rings. The van der Waals surface area contributed by atoms with Crippen LogP contribution in [0.5, 0.6) is 0 Å². The predicted octanol–water partition coefficient (Wildman–Crippen LogP) is 2.53. The molecular formula is C14H28N2. The summed E-state index contributed by atoms with van der Waals surface area (Å²) in [4.78, 5) is 0. The summed E-state index contributed by atoms with van der Waals surface area (Å²) in [6, 6.07) is 1.48. The fraction of sp³-hybridized carbons (Fsp3) is 1.00. The molecule has 0 spiro atoms. The van der Waals surface area contributed by atoms with E-state index in [-0.39, 0.29) is 0 Å². The van der Waals surface area contributed by atoms with E-state index in [4.69, 9.17) is 5.73 Å². The van der Waals surface area contributed by atoms with Crippen LogP contribution >= 0.6 is 0 Å². The van der Waals surface area contributed by atoms with Crippen molar-refractivity contribution >= 4 is 0 Å². The van der Waals surface area contributed by atoms with Crippen LogP contribution in [-0.2, 0) is 0 Å². The molecule has 0 saturated heterocycles. The van der Waals surface area contributed by atoms with Crippen LogP contribution in [0.25, 0.3) is 0 Å². The first kappa shape index (κ1) is 12.4. The predicted molar refractivity (Wildman–Crippen MR) is 69.3 cm³/mol. The van der Waals surface area contributed by atoms with Gasteiger partial charge in [0.05, 0.1) is 0 Å². The van der Waals surface area contributed by atoms with Gasteiger partial charge in [-0.25, -0.2) is 0 Å². The lowest BCUT2D eigenvalue weighted by molar-refractivity contribution is 0.294. The summed E-state index contributed by atoms with van der Waals surface area (Å²) in [6.45, 7) is 5.64. The van der Waals surface area contributed by atoms with Gasteiger partial charge in [0, 0.05) is 12.1 Å². The zero-order chi connectivity index (χ0) is 11.5. The average Bonchev–Trinajstić information content (AvgIpc) is 2.87. The molecule has 5 atom stereocenters. The molecule has 0 aliphatic heterocycles. The van der Waals surface area contributed by atoms with Gasteiger partial charge in [-0.2, -0.15) is 0 Å². The van der Waals surface area contributed by atoms with Crippen molar-refractivity contribution in [2.75, 3.05) is 6.54 Å². The van der Waals surface area contributed by atoms with Crippen molar-refractivity contribution in [1.29, 1.82) is 0 Å². The lowest BCUT2D eigenvalue weighted by Crippen LogP contribution is -2.44. The van der Waals surface area contributed by atoms with E-state index in [9.17, 15) is 0 Å². The molecule has 0 heterocycles. The summed E-state index contributed by atoms with van der Waals surface area (Å²) in [5.41, 5.74) is 5.85. The highest BCUT2D eigenvalue weighted by Crippen LogP contribution is 2.35. The Morgan fingerprint density at radius 2 is 1.88 bits per heavy atom. The van der Waals surface area contributed by atoms with Gasteiger partial charge in [0.1, 0.15) is 0 Å². The Kier molecular flexibility index (Phi) is 4.26. The highest BCUT2D eigenvalue weighted by atomic mass is 15.0. The maximum Gasteiger partial charge on any atom is 0.0110 e. The topological polar surface area (TPSA) is 38.0 Å². The van der Waals surface area contributed by atoms with Crippen LogP contribution in [0.4, 0.5) is 0 Å². The molecule has 3 N–H and O–H groups in total. The van der Waals surface area contributed by atoms with Gasteiger partial charge < -0.3 is 11.1 Å². The molecule has 2 saturated carbocycles. The van der Waals surface area contributed by atoms with Crippen LogP contribution in [0.2, 0.25) is 0 Å². The lowest BCUT2D eigenvalue weighted by Gasteiger charge is -2.27. The summed E-state index contributed by atoms with van der Waals surface area (Å²) in [6.07, 6.45) is 8.22. The molecule has 0 bridgehead atoms. The van der Waals surface area contributed by atoms with Gasteiger partial charge in [0.25, 0.3) is 0 Å². The third kappa shape index (κ3) is 2.43. The molecule has 2 fully saturated rings. The maximum atomic E-state index is 5.85. The Balaban J connectivity index is 1.85. The minimum Gasteiger partial charge on any atom is -0.330 e. The molecule has 0 aromatic heterocycles. The van der Waals surface area contributed by atoms with Gasteiger partial charge in [-0.1, -0.05) is 26.7 Å². The van der Waals surface area contributed by atoms with E-state index >= 15 is 0 Å². The van der Waals surface area contributed by atoms with Gasteiger partial charge in [-0.3, -0.25) is 0 Å². The number of rotatable bonds is 4. The molecule has 0 aromatic carbocycles. The molecule has 2 aliphatic carbocycles. The number of hydrogen-bond donors (Lipinski definition) is 2. The minimum absolute atomic E-state index is 0.716. The Morgan fingerprint density at radius 3 is 2.50 bits per heavy atom. The second kappa shape index (κ2) is 5.50. The zero-order valence-electron chi connectivity index (χ0n) is 10.9. The molecule has 5 unspecified atom stereocenters. The first-order valence-electron chi connectivity index (χ1n) is 7.22. The van der Waals surface area contributed by atoms with Crippen molar-refractivity contribution in [2.24, 2.45) is 23.5 Å².